The number of halogens is 1. The Morgan fingerprint density at radius 1 is 1.17 bits per heavy atom. The molecule has 0 aliphatic rings. The van der Waals surface area contributed by atoms with Gasteiger partial charge in [-0.25, -0.2) is 4.39 Å². The number of amides is 1. The summed E-state index contributed by atoms with van der Waals surface area (Å²) in [5.74, 6) is 0.837. The number of carbonyl (C=O) groups is 1. The van der Waals surface area contributed by atoms with Crippen molar-refractivity contribution in [2.75, 3.05) is 13.7 Å². The first kappa shape index (κ1) is 17.8. The zero-order valence-electron chi connectivity index (χ0n) is 14.1. The first-order chi connectivity index (χ1) is 11.5. The van der Waals surface area contributed by atoms with Crippen molar-refractivity contribution in [1.82, 2.24) is 5.32 Å². The number of hydrogen-bond donors (Lipinski definition) is 1. The average Bonchev–Trinajstić information content (AvgIpc) is 2.58. The van der Waals surface area contributed by atoms with E-state index in [1.807, 2.05) is 0 Å². The normalized spacial score (nSPS) is 10.5. The van der Waals surface area contributed by atoms with Gasteiger partial charge in [0, 0.05) is 17.7 Å². The summed E-state index contributed by atoms with van der Waals surface area (Å²) in [5.41, 5.74) is 0.870. The summed E-state index contributed by atoms with van der Waals surface area (Å²) in [6, 6.07) is 11.3. The number of carbonyl (C=O) groups excluding carboxylic acids is 1. The molecule has 1 amide bonds. The maximum atomic E-state index is 13.6. The van der Waals surface area contributed by atoms with Crippen LogP contribution < -0.4 is 14.8 Å². The Balaban J connectivity index is 2.05. The van der Waals surface area contributed by atoms with Gasteiger partial charge in [-0.15, -0.1) is 0 Å². The third-order valence-electron chi connectivity index (χ3n) is 3.40. The molecule has 0 heterocycles. The Morgan fingerprint density at radius 2 is 1.92 bits per heavy atom. The van der Waals surface area contributed by atoms with E-state index in [0.717, 1.165) is 0 Å². The van der Waals surface area contributed by atoms with E-state index >= 15 is 0 Å². The summed E-state index contributed by atoms with van der Waals surface area (Å²) in [7, 11) is 1.53. The van der Waals surface area contributed by atoms with Crippen molar-refractivity contribution in [2.24, 2.45) is 5.92 Å². The van der Waals surface area contributed by atoms with Crippen LogP contribution in [-0.2, 0) is 6.54 Å². The maximum absolute atomic E-state index is 13.6. The van der Waals surface area contributed by atoms with E-state index in [4.69, 9.17) is 9.47 Å². The van der Waals surface area contributed by atoms with E-state index in [1.54, 1.807) is 36.4 Å². The van der Waals surface area contributed by atoms with Crippen LogP contribution >= 0.6 is 0 Å². The van der Waals surface area contributed by atoms with Gasteiger partial charge in [-0.05, 0) is 30.2 Å². The van der Waals surface area contributed by atoms with Crippen LogP contribution in [0, 0.1) is 11.7 Å². The van der Waals surface area contributed by atoms with Crippen molar-refractivity contribution >= 4 is 5.91 Å². The highest BCUT2D eigenvalue weighted by atomic mass is 19.1. The zero-order valence-corrected chi connectivity index (χ0v) is 14.1. The predicted octanol–water partition coefficient (Wildman–Crippen LogP) is 3.80. The quantitative estimate of drug-likeness (QED) is 0.839. The molecule has 2 aromatic carbocycles. The second kappa shape index (κ2) is 8.34. The van der Waals surface area contributed by atoms with Gasteiger partial charge in [0.15, 0.2) is 11.5 Å². The zero-order chi connectivity index (χ0) is 17.5. The SMILES string of the molecule is COc1cc(C(=O)NCc2ccccc2F)ccc1OCC(C)C. The van der Waals surface area contributed by atoms with Gasteiger partial charge in [-0.3, -0.25) is 4.79 Å². The molecule has 2 rings (SSSR count). The number of rotatable bonds is 7. The lowest BCUT2D eigenvalue weighted by atomic mass is 10.1. The maximum Gasteiger partial charge on any atom is 0.251 e. The molecule has 0 fully saturated rings. The largest absolute Gasteiger partial charge is 0.493 e. The first-order valence-corrected chi connectivity index (χ1v) is 7.83. The molecule has 2 aromatic rings. The van der Waals surface area contributed by atoms with Crippen molar-refractivity contribution in [3.8, 4) is 11.5 Å². The third-order valence-corrected chi connectivity index (χ3v) is 3.40. The van der Waals surface area contributed by atoms with Gasteiger partial charge in [0.25, 0.3) is 5.91 Å². The van der Waals surface area contributed by atoms with Crippen LogP contribution in [0.25, 0.3) is 0 Å². The molecule has 0 saturated heterocycles. The molecule has 0 radical (unpaired) electrons. The van der Waals surface area contributed by atoms with Crippen molar-refractivity contribution in [1.29, 1.82) is 0 Å². The second-order valence-corrected chi connectivity index (χ2v) is 5.84. The van der Waals surface area contributed by atoms with Crippen LogP contribution in [0.4, 0.5) is 4.39 Å². The molecule has 0 aliphatic heterocycles. The van der Waals surface area contributed by atoms with Crippen molar-refractivity contribution in [3.05, 3.63) is 59.4 Å². The molecule has 24 heavy (non-hydrogen) atoms. The minimum absolute atomic E-state index is 0.124. The molecule has 4 nitrogen and oxygen atoms in total. The Kier molecular flexibility index (Phi) is 6.18. The Morgan fingerprint density at radius 3 is 2.58 bits per heavy atom. The lowest BCUT2D eigenvalue weighted by Crippen LogP contribution is -2.23. The standard InChI is InChI=1S/C19H22FNO3/c1-13(2)12-24-17-9-8-14(10-18(17)23-3)19(22)21-11-15-6-4-5-7-16(15)20/h4-10,13H,11-12H2,1-3H3,(H,21,22). The van der Waals surface area contributed by atoms with Crippen LogP contribution in [0.1, 0.15) is 29.8 Å². The summed E-state index contributed by atoms with van der Waals surface area (Å²) in [6.07, 6.45) is 0. The molecule has 128 valence electrons. The monoisotopic (exact) mass is 331 g/mol. The highest BCUT2D eigenvalue weighted by Crippen LogP contribution is 2.28. The first-order valence-electron chi connectivity index (χ1n) is 7.83. The van der Waals surface area contributed by atoms with Crippen LogP contribution in [0.3, 0.4) is 0 Å². The number of methoxy groups -OCH3 is 1. The van der Waals surface area contributed by atoms with E-state index in [0.29, 0.717) is 35.2 Å². The number of benzene rings is 2. The second-order valence-electron chi connectivity index (χ2n) is 5.84. The Hall–Kier alpha value is -2.56. The molecule has 0 aliphatic carbocycles. The highest BCUT2D eigenvalue weighted by Gasteiger charge is 2.12. The minimum atomic E-state index is -0.340. The number of ether oxygens (including phenoxy) is 2. The lowest BCUT2D eigenvalue weighted by molar-refractivity contribution is 0.0950. The van der Waals surface area contributed by atoms with Gasteiger partial charge in [-0.2, -0.15) is 0 Å². The van der Waals surface area contributed by atoms with E-state index in [2.05, 4.69) is 19.2 Å². The van der Waals surface area contributed by atoms with Crippen molar-refractivity contribution in [3.63, 3.8) is 0 Å². The van der Waals surface area contributed by atoms with Gasteiger partial charge in [0.2, 0.25) is 0 Å². The van der Waals surface area contributed by atoms with Gasteiger partial charge in [-0.1, -0.05) is 32.0 Å². The smallest absolute Gasteiger partial charge is 0.251 e. The Labute approximate surface area is 141 Å². The molecular weight excluding hydrogens is 309 g/mol. The van der Waals surface area contributed by atoms with Gasteiger partial charge < -0.3 is 14.8 Å². The molecule has 1 N–H and O–H groups in total. The van der Waals surface area contributed by atoms with E-state index in [1.165, 1.54) is 13.2 Å². The van der Waals surface area contributed by atoms with E-state index in [-0.39, 0.29) is 18.3 Å². The number of nitrogens with one attached hydrogen (secondary N) is 1. The summed E-state index contributed by atoms with van der Waals surface area (Å²) in [4.78, 5) is 12.2. The number of hydrogen-bond acceptors (Lipinski definition) is 3. The lowest BCUT2D eigenvalue weighted by Gasteiger charge is -2.13. The van der Waals surface area contributed by atoms with Crippen LogP contribution in [0.15, 0.2) is 42.5 Å². The fourth-order valence-electron chi connectivity index (χ4n) is 2.10. The molecule has 0 atom stereocenters. The predicted molar refractivity (Wildman–Crippen MR) is 90.9 cm³/mol. The highest BCUT2D eigenvalue weighted by molar-refractivity contribution is 5.94. The fourth-order valence-corrected chi connectivity index (χ4v) is 2.10. The molecule has 0 saturated carbocycles. The summed E-state index contributed by atoms with van der Waals surface area (Å²) < 4.78 is 24.5. The van der Waals surface area contributed by atoms with Crippen LogP contribution in [-0.4, -0.2) is 19.6 Å². The fraction of sp³-hybridized carbons (Fsp3) is 0.316. The third kappa shape index (κ3) is 4.72. The van der Waals surface area contributed by atoms with Crippen LogP contribution in [0.5, 0.6) is 11.5 Å². The molecular formula is C19H22FNO3. The molecule has 0 bridgehead atoms. The molecule has 0 spiro atoms. The average molecular weight is 331 g/mol. The summed E-state index contributed by atoms with van der Waals surface area (Å²) in [5, 5.41) is 2.70. The Bertz CT molecular complexity index is 701. The summed E-state index contributed by atoms with van der Waals surface area (Å²) >= 11 is 0. The summed E-state index contributed by atoms with van der Waals surface area (Å²) in [6.45, 7) is 4.79. The van der Waals surface area contributed by atoms with E-state index in [9.17, 15) is 9.18 Å². The van der Waals surface area contributed by atoms with Crippen LogP contribution in [0.2, 0.25) is 0 Å². The molecule has 5 heteroatoms. The van der Waals surface area contributed by atoms with E-state index < -0.39 is 0 Å². The van der Waals surface area contributed by atoms with Gasteiger partial charge in [0.1, 0.15) is 5.82 Å². The minimum Gasteiger partial charge on any atom is -0.493 e. The molecule has 0 unspecified atom stereocenters. The molecule has 0 aromatic heterocycles. The van der Waals surface area contributed by atoms with Crippen molar-refractivity contribution < 1.29 is 18.7 Å². The van der Waals surface area contributed by atoms with Gasteiger partial charge in [0.05, 0.1) is 13.7 Å². The van der Waals surface area contributed by atoms with Crippen molar-refractivity contribution in [2.45, 2.75) is 20.4 Å². The van der Waals surface area contributed by atoms with Gasteiger partial charge >= 0.3 is 0 Å². The topological polar surface area (TPSA) is 47.6 Å².